The summed E-state index contributed by atoms with van der Waals surface area (Å²) in [6.07, 6.45) is 0.0646. The van der Waals surface area contributed by atoms with Crippen molar-refractivity contribution in [3.63, 3.8) is 0 Å². The second-order valence-electron chi connectivity index (χ2n) is 9.64. The van der Waals surface area contributed by atoms with E-state index in [0.29, 0.717) is 36.9 Å². The van der Waals surface area contributed by atoms with Gasteiger partial charge in [-0.2, -0.15) is 0 Å². The largest absolute Gasteiger partial charge is 0.457 e. The molecule has 3 aromatic rings. The van der Waals surface area contributed by atoms with E-state index in [1.165, 1.54) is 24.3 Å². The first-order chi connectivity index (χ1) is 18.8. The highest BCUT2D eigenvalue weighted by Crippen LogP contribution is 2.23. The van der Waals surface area contributed by atoms with Crippen LogP contribution in [0.15, 0.2) is 78.9 Å². The van der Waals surface area contributed by atoms with Crippen LogP contribution in [0.1, 0.15) is 19.4 Å². The zero-order valence-corrected chi connectivity index (χ0v) is 22.1. The van der Waals surface area contributed by atoms with Crippen LogP contribution in [0.5, 0.6) is 11.5 Å². The van der Waals surface area contributed by atoms with Crippen LogP contribution in [0.3, 0.4) is 0 Å². The Morgan fingerprint density at radius 1 is 0.949 bits per heavy atom. The molecular weight excluding hydrogens is 501 g/mol. The first kappa shape index (κ1) is 28.2. The van der Waals surface area contributed by atoms with Gasteiger partial charge in [0, 0.05) is 18.8 Å². The van der Waals surface area contributed by atoms with E-state index in [1.54, 1.807) is 24.3 Å². The van der Waals surface area contributed by atoms with Crippen molar-refractivity contribution in [2.24, 2.45) is 0 Å². The van der Waals surface area contributed by atoms with Crippen molar-refractivity contribution in [2.45, 2.75) is 38.7 Å². The average Bonchev–Trinajstić information content (AvgIpc) is 2.90. The van der Waals surface area contributed by atoms with E-state index in [0.717, 1.165) is 5.56 Å². The molecule has 0 bridgehead atoms. The van der Waals surface area contributed by atoms with E-state index in [9.17, 15) is 14.0 Å². The molecule has 1 fully saturated rings. The van der Waals surface area contributed by atoms with Crippen molar-refractivity contribution >= 4 is 17.5 Å². The third-order valence-corrected chi connectivity index (χ3v) is 6.08. The van der Waals surface area contributed by atoms with E-state index in [-0.39, 0.29) is 37.1 Å². The molecule has 1 aliphatic rings. The van der Waals surface area contributed by atoms with Gasteiger partial charge >= 0.3 is 0 Å². The second kappa shape index (κ2) is 13.8. The average molecular weight is 536 g/mol. The lowest BCUT2D eigenvalue weighted by Gasteiger charge is -2.35. The molecule has 0 aromatic heterocycles. The minimum Gasteiger partial charge on any atom is -0.457 e. The Balaban J connectivity index is 1.36. The van der Waals surface area contributed by atoms with E-state index < -0.39 is 11.9 Å². The molecule has 0 unspecified atom stereocenters. The summed E-state index contributed by atoms with van der Waals surface area (Å²) >= 11 is 0. The molecule has 3 aromatic carbocycles. The minimum absolute atomic E-state index is 0.00808. The van der Waals surface area contributed by atoms with Gasteiger partial charge < -0.3 is 24.8 Å². The highest BCUT2D eigenvalue weighted by molar-refractivity contribution is 5.97. The van der Waals surface area contributed by atoms with Crippen molar-refractivity contribution in [3.05, 3.63) is 90.2 Å². The molecule has 1 heterocycles. The monoisotopic (exact) mass is 535 g/mol. The maximum Gasteiger partial charge on any atom is 0.249 e. The Kier molecular flexibility index (Phi) is 10.0. The lowest BCUT2D eigenvalue weighted by atomic mass is 10.2. The van der Waals surface area contributed by atoms with Gasteiger partial charge in [0.05, 0.1) is 32.0 Å². The van der Waals surface area contributed by atoms with Crippen molar-refractivity contribution in [2.75, 3.05) is 31.6 Å². The second-order valence-corrected chi connectivity index (χ2v) is 9.64. The van der Waals surface area contributed by atoms with Crippen LogP contribution >= 0.6 is 0 Å². The van der Waals surface area contributed by atoms with Gasteiger partial charge in [0.25, 0.3) is 0 Å². The third-order valence-electron chi connectivity index (χ3n) is 6.08. The van der Waals surface area contributed by atoms with Gasteiger partial charge in [-0.25, -0.2) is 4.39 Å². The normalized spacial score (nSPS) is 18.2. The van der Waals surface area contributed by atoms with Crippen LogP contribution in [-0.2, 0) is 25.7 Å². The Morgan fingerprint density at radius 2 is 1.56 bits per heavy atom. The predicted molar refractivity (Wildman–Crippen MR) is 146 cm³/mol. The molecule has 3 atom stereocenters. The molecule has 9 heteroatoms. The molecule has 0 spiro atoms. The minimum atomic E-state index is -0.896. The summed E-state index contributed by atoms with van der Waals surface area (Å²) in [4.78, 5) is 28.1. The Bertz CT molecular complexity index is 1200. The Morgan fingerprint density at radius 3 is 2.21 bits per heavy atom. The van der Waals surface area contributed by atoms with Gasteiger partial charge in [-0.05, 0) is 67.9 Å². The number of nitrogens with one attached hydrogen (secondary N) is 2. The fourth-order valence-electron chi connectivity index (χ4n) is 4.38. The van der Waals surface area contributed by atoms with Gasteiger partial charge in [0.15, 0.2) is 0 Å². The van der Waals surface area contributed by atoms with Gasteiger partial charge in [-0.3, -0.25) is 14.5 Å². The Hall–Kier alpha value is -3.79. The summed E-state index contributed by atoms with van der Waals surface area (Å²) in [5.74, 6) is 0.0270. The molecule has 0 saturated carbocycles. The van der Waals surface area contributed by atoms with Gasteiger partial charge in [-0.1, -0.05) is 30.3 Å². The van der Waals surface area contributed by atoms with Crippen molar-refractivity contribution in [1.29, 1.82) is 0 Å². The topological polar surface area (TPSA) is 89.1 Å². The smallest absolute Gasteiger partial charge is 0.249 e. The highest BCUT2D eigenvalue weighted by Gasteiger charge is 2.26. The van der Waals surface area contributed by atoms with Crippen LogP contribution in [-0.4, -0.2) is 61.2 Å². The van der Waals surface area contributed by atoms with Crippen molar-refractivity contribution in [1.82, 2.24) is 10.2 Å². The van der Waals surface area contributed by atoms with Crippen LogP contribution in [0.4, 0.5) is 10.1 Å². The standard InChI is InChI=1S/C30H34FN3O5/c1-21-16-34(17-22(2)38-21)18-29(35)33-28(20-37-19-23-6-4-3-5-7-23)30(36)32-25-10-14-27(15-11-25)39-26-12-8-24(31)9-13-26/h3-15,21-22,28H,16-20H2,1-2H3,(H,32,36)(H,33,35)/t21-,22+,28-/m0/s1. The number of benzene rings is 3. The van der Waals surface area contributed by atoms with E-state index in [1.807, 2.05) is 49.1 Å². The van der Waals surface area contributed by atoms with Crippen molar-refractivity contribution in [3.8, 4) is 11.5 Å². The molecule has 2 amide bonds. The van der Waals surface area contributed by atoms with Crippen LogP contribution < -0.4 is 15.4 Å². The first-order valence-electron chi connectivity index (χ1n) is 13.0. The highest BCUT2D eigenvalue weighted by atomic mass is 19.1. The summed E-state index contributed by atoms with van der Waals surface area (Å²) < 4.78 is 30.4. The van der Waals surface area contributed by atoms with Crippen LogP contribution in [0.25, 0.3) is 0 Å². The third kappa shape index (κ3) is 9.17. The predicted octanol–water partition coefficient (Wildman–Crippen LogP) is 4.37. The quantitative estimate of drug-likeness (QED) is 0.379. The number of ether oxygens (including phenoxy) is 3. The summed E-state index contributed by atoms with van der Waals surface area (Å²) in [5.41, 5.74) is 1.50. The summed E-state index contributed by atoms with van der Waals surface area (Å²) in [6, 6.07) is 21.2. The lowest BCUT2D eigenvalue weighted by molar-refractivity contribution is -0.131. The number of anilines is 1. The molecule has 206 valence electrons. The van der Waals surface area contributed by atoms with Crippen molar-refractivity contribution < 1.29 is 28.2 Å². The fourth-order valence-corrected chi connectivity index (χ4v) is 4.38. The number of carbonyl (C=O) groups excluding carboxylic acids is 2. The van der Waals surface area contributed by atoms with Gasteiger partial charge in [0.2, 0.25) is 11.8 Å². The molecular formula is C30H34FN3O5. The molecule has 39 heavy (non-hydrogen) atoms. The number of amides is 2. The summed E-state index contributed by atoms with van der Waals surface area (Å²) in [6.45, 7) is 5.73. The number of hydrogen-bond donors (Lipinski definition) is 2. The maximum atomic E-state index is 13.2. The fraction of sp³-hybridized carbons (Fsp3) is 0.333. The van der Waals surface area contributed by atoms with E-state index >= 15 is 0 Å². The molecule has 4 rings (SSSR count). The number of rotatable bonds is 11. The summed E-state index contributed by atoms with van der Waals surface area (Å²) in [5, 5.41) is 5.68. The van der Waals surface area contributed by atoms with E-state index in [4.69, 9.17) is 14.2 Å². The molecule has 8 nitrogen and oxygen atoms in total. The number of carbonyl (C=O) groups is 2. The lowest BCUT2D eigenvalue weighted by Crippen LogP contribution is -2.53. The molecule has 0 aliphatic carbocycles. The van der Waals surface area contributed by atoms with Gasteiger partial charge in [-0.15, -0.1) is 0 Å². The van der Waals surface area contributed by atoms with Crippen LogP contribution in [0, 0.1) is 5.82 Å². The zero-order chi connectivity index (χ0) is 27.6. The van der Waals surface area contributed by atoms with Crippen LogP contribution in [0.2, 0.25) is 0 Å². The molecule has 1 aliphatic heterocycles. The van der Waals surface area contributed by atoms with E-state index in [2.05, 4.69) is 10.6 Å². The number of nitrogens with zero attached hydrogens (tertiary/aromatic N) is 1. The maximum absolute atomic E-state index is 13.2. The zero-order valence-electron chi connectivity index (χ0n) is 22.1. The van der Waals surface area contributed by atoms with Gasteiger partial charge in [0.1, 0.15) is 23.4 Å². The Labute approximate surface area is 228 Å². The first-order valence-corrected chi connectivity index (χ1v) is 13.0. The number of morpholine rings is 1. The molecule has 2 N–H and O–H groups in total. The molecule has 0 radical (unpaired) electrons. The summed E-state index contributed by atoms with van der Waals surface area (Å²) in [7, 11) is 0. The molecule has 1 saturated heterocycles. The number of hydrogen-bond acceptors (Lipinski definition) is 6. The SMILES string of the molecule is C[C@@H]1CN(CC(=O)N[C@@H](COCc2ccccc2)C(=O)Nc2ccc(Oc3ccc(F)cc3)cc2)C[C@H](C)O1. The number of halogens is 1.